The second-order valence-electron chi connectivity index (χ2n) is 5.59. The Bertz CT molecular complexity index is 403. The van der Waals surface area contributed by atoms with Gasteiger partial charge in [0.05, 0.1) is 6.61 Å². The van der Waals surface area contributed by atoms with E-state index in [-0.39, 0.29) is 11.5 Å². The van der Waals surface area contributed by atoms with Gasteiger partial charge in [0, 0.05) is 25.0 Å². The molecule has 1 aromatic carbocycles. The Labute approximate surface area is 109 Å². The van der Waals surface area contributed by atoms with Crippen molar-refractivity contribution < 1.29 is 9.47 Å². The molecule has 1 N–H and O–H groups in total. The minimum absolute atomic E-state index is 0.187. The van der Waals surface area contributed by atoms with Gasteiger partial charge in [-0.2, -0.15) is 0 Å². The van der Waals surface area contributed by atoms with Crippen molar-refractivity contribution in [3.63, 3.8) is 0 Å². The van der Waals surface area contributed by atoms with Crippen LogP contribution in [0.4, 0.5) is 0 Å². The largest absolute Gasteiger partial charge is 0.490 e. The first-order chi connectivity index (χ1) is 8.57. The van der Waals surface area contributed by atoms with Gasteiger partial charge < -0.3 is 14.8 Å². The van der Waals surface area contributed by atoms with Crippen molar-refractivity contribution in [2.75, 3.05) is 14.2 Å². The lowest BCUT2D eigenvalue weighted by Crippen LogP contribution is -2.61. The SMILES string of the molecule is CNC1CC(Oc2cccc(COC)c2)C1(C)C. The van der Waals surface area contributed by atoms with Crippen LogP contribution in [-0.4, -0.2) is 26.3 Å². The summed E-state index contributed by atoms with van der Waals surface area (Å²) in [6, 6.07) is 8.70. The van der Waals surface area contributed by atoms with E-state index in [1.807, 2.05) is 19.2 Å². The fourth-order valence-electron chi connectivity index (χ4n) is 2.61. The number of ether oxygens (including phenoxy) is 2. The molecule has 0 aliphatic heterocycles. The van der Waals surface area contributed by atoms with E-state index in [0.717, 1.165) is 17.7 Å². The first-order valence-corrected chi connectivity index (χ1v) is 6.49. The van der Waals surface area contributed by atoms with E-state index in [0.29, 0.717) is 12.6 Å². The minimum Gasteiger partial charge on any atom is -0.490 e. The molecule has 1 saturated carbocycles. The Balaban J connectivity index is 2.00. The molecule has 0 aromatic heterocycles. The minimum atomic E-state index is 0.187. The van der Waals surface area contributed by atoms with Crippen molar-refractivity contribution in [2.24, 2.45) is 5.41 Å². The third-order valence-electron chi connectivity index (χ3n) is 4.01. The average Bonchev–Trinajstić information content (AvgIpc) is 2.35. The number of rotatable bonds is 5. The van der Waals surface area contributed by atoms with Crippen LogP contribution < -0.4 is 10.1 Å². The van der Waals surface area contributed by atoms with E-state index in [1.54, 1.807) is 7.11 Å². The first kappa shape index (κ1) is 13.4. The number of nitrogens with one attached hydrogen (secondary N) is 1. The maximum Gasteiger partial charge on any atom is 0.120 e. The predicted molar refractivity (Wildman–Crippen MR) is 72.8 cm³/mol. The molecule has 0 amide bonds. The average molecular weight is 249 g/mol. The molecule has 100 valence electrons. The lowest BCUT2D eigenvalue weighted by Gasteiger charge is -2.51. The van der Waals surface area contributed by atoms with Crippen molar-refractivity contribution in [2.45, 2.75) is 39.0 Å². The summed E-state index contributed by atoms with van der Waals surface area (Å²) in [6.45, 7) is 5.13. The van der Waals surface area contributed by atoms with E-state index in [1.165, 1.54) is 0 Å². The van der Waals surface area contributed by atoms with Gasteiger partial charge in [0.15, 0.2) is 0 Å². The van der Waals surface area contributed by atoms with Gasteiger partial charge in [0.1, 0.15) is 11.9 Å². The highest BCUT2D eigenvalue weighted by molar-refractivity contribution is 5.29. The lowest BCUT2D eigenvalue weighted by molar-refractivity contribution is -0.0521. The van der Waals surface area contributed by atoms with Crippen LogP contribution in [-0.2, 0) is 11.3 Å². The number of methoxy groups -OCH3 is 1. The van der Waals surface area contributed by atoms with Gasteiger partial charge in [0.2, 0.25) is 0 Å². The van der Waals surface area contributed by atoms with Crippen molar-refractivity contribution in [3.05, 3.63) is 29.8 Å². The molecule has 1 fully saturated rings. The summed E-state index contributed by atoms with van der Waals surface area (Å²) in [4.78, 5) is 0. The zero-order valence-electron chi connectivity index (χ0n) is 11.7. The van der Waals surface area contributed by atoms with E-state index < -0.39 is 0 Å². The molecule has 0 heterocycles. The number of benzene rings is 1. The molecule has 0 saturated heterocycles. The fourth-order valence-corrected chi connectivity index (χ4v) is 2.61. The second kappa shape index (κ2) is 5.29. The molecule has 1 aliphatic carbocycles. The van der Waals surface area contributed by atoms with Crippen molar-refractivity contribution >= 4 is 0 Å². The smallest absolute Gasteiger partial charge is 0.120 e. The van der Waals surface area contributed by atoms with E-state index in [4.69, 9.17) is 9.47 Å². The Kier molecular flexibility index (Phi) is 3.93. The summed E-state index contributed by atoms with van der Waals surface area (Å²) in [5.74, 6) is 0.942. The second-order valence-corrected chi connectivity index (χ2v) is 5.59. The zero-order chi connectivity index (χ0) is 13.2. The maximum atomic E-state index is 6.09. The molecule has 18 heavy (non-hydrogen) atoms. The molecule has 2 rings (SSSR count). The Morgan fingerprint density at radius 1 is 1.39 bits per heavy atom. The van der Waals surface area contributed by atoms with Gasteiger partial charge in [-0.3, -0.25) is 0 Å². The monoisotopic (exact) mass is 249 g/mol. The maximum absolute atomic E-state index is 6.09. The lowest BCUT2D eigenvalue weighted by atomic mass is 9.64. The summed E-state index contributed by atoms with van der Waals surface area (Å²) in [7, 11) is 3.72. The summed E-state index contributed by atoms with van der Waals surface area (Å²) in [6.07, 6.45) is 1.35. The first-order valence-electron chi connectivity index (χ1n) is 6.49. The van der Waals surface area contributed by atoms with E-state index >= 15 is 0 Å². The highest BCUT2D eigenvalue weighted by Crippen LogP contribution is 2.42. The van der Waals surface area contributed by atoms with Crippen LogP contribution in [0.1, 0.15) is 25.8 Å². The van der Waals surface area contributed by atoms with Gasteiger partial charge in [-0.25, -0.2) is 0 Å². The van der Waals surface area contributed by atoms with Gasteiger partial charge in [-0.1, -0.05) is 26.0 Å². The topological polar surface area (TPSA) is 30.5 Å². The Morgan fingerprint density at radius 3 is 2.78 bits per heavy atom. The third-order valence-corrected chi connectivity index (χ3v) is 4.01. The van der Waals surface area contributed by atoms with E-state index in [2.05, 4.69) is 31.3 Å². The molecule has 2 unspecified atom stereocenters. The van der Waals surface area contributed by atoms with Crippen molar-refractivity contribution in [1.29, 1.82) is 0 Å². The van der Waals surface area contributed by atoms with Gasteiger partial charge >= 0.3 is 0 Å². The van der Waals surface area contributed by atoms with Gasteiger partial charge in [-0.15, -0.1) is 0 Å². The standard InChI is InChI=1S/C15H23NO2/c1-15(2)13(16-3)9-14(15)18-12-7-5-6-11(8-12)10-17-4/h5-8,13-14,16H,9-10H2,1-4H3. The molecule has 3 nitrogen and oxygen atoms in total. The van der Waals surface area contributed by atoms with Gasteiger partial charge in [0.25, 0.3) is 0 Å². The quantitative estimate of drug-likeness (QED) is 0.870. The summed E-state index contributed by atoms with van der Waals surface area (Å²) < 4.78 is 11.2. The Hall–Kier alpha value is -1.06. The summed E-state index contributed by atoms with van der Waals surface area (Å²) in [5.41, 5.74) is 1.34. The normalized spacial score (nSPS) is 25.6. The zero-order valence-corrected chi connectivity index (χ0v) is 11.7. The van der Waals surface area contributed by atoms with Crippen LogP contribution in [0, 0.1) is 5.41 Å². The molecule has 1 aromatic rings. The van der Waals surface area contributed by atoms with Crippen LogP contribution in [0.5, 0.6) is 5.75 Å². The van der Waals surface area contributed by atoms with Crippen LogP contribution in [0.15, 0.2) is 24.3 Å². The summed E-state index contributed by atoms with van der Waals surface area (Å²) >= 11 is 0. The molecular weight excluding hydrogens is 226 g/mol. The predicted octanol–water partition coefficient (Wildman–Crippen LogP) is 2.60. The third kappa shape index (κ3) is 2.52. The van der Waals surface area contributed by atoms with Crippen molar-refractivity contribution in [3.8, 4) is 5.75 Å². The molecule has 0 bridgehead atoms. The van der Waals surface area contributed by atoms with Crippen LogP contribution >= 0.6 is 0 Å². The van der Waals surface area contributed by atoms with E-state index in [9.17, 15) is 0 Å². The number of hydrogen-bond acceptors (Lipinski definition) is 3. The Morgan fingerprint density at radius 2 is 2.17 bits per heavy atom. The van der Waals surface area contributed by atoms with Crippen molar-refractivity contribution in [1.82, 2.24) is 5.32 Å². The van der Waals surface area contributed by atoms with Crippen LogP contribution in [0.25, 0.3) is 0 Å². The van der Waals surface area contributed by atoms with Crippen LogP contribution in [0.2, 0.25) is 0 Å². The molecule has 0 spiro atoms. The number of hydrogen-bond donors (Lipinski definition) is 1. The van der Waals surface area contributed by atoms with Gasteiger partial charge in [-0.05, 0) is 24.7 Å². The highest BCUT2D eigenvalue weighted by atomic mass is 16.5. The molecule has 1 aliphatic rings. The fraction of sp³-hybridized carbons (Fsp3) is 0.600. The molecule has 0 radical (unpaired) electrons. The molecule has 3 heteroatoms. The molecular formula is C15H23NO2. The summed E-state index contributed by atoms with van der Waals surface area (Å²) in [5, 5.41) is 3.34. The highest BCUT2D eigenvalue weighted by Gasteiger charge is 2.49. The molecule has 2 atom stereocenters. The van der Waals surface area contributed by atoms with Crippen LogP contribution in [0.3, 0.4) is 0 Å².